The Labute approximate surface area is 237 Å². The van der Waals surface area contributed by atoms with Crippen LogP contribution in [0.15, 0.2) is 67.3 Å². The van der Waals surface area contributed by atoms with Gasteiger partial charge < -0.3 is 0 Å². The zero-order valence-electron chi connectivity index (χ0n) is 26.1. The van der Waals surface area contributed by atoms with Crippen molar-refractivity contribution >= 4 is 0 Å². The van der Waals surface area contributed by atoms with E-state index in [1.54, 1.807) is 17.2 Å². The highest BCUT2D eigenvalue weighted by Gasteiger charge is 2.25. The molecular weight excluding hydrogens is 456 g/mol. The summed E-state index contributed by atoms with van der Waals surface area (Å²) in [5.74, 6) is 4.52. The van der Waals surface area contributed by atoms with Crippen molar-refractivity contribution in [3.05, 3.63) is 83.9 Å². The number of hydrogen-bond acceptors (Lipinski definition) is 0. The van der Waals surface area contributed by atoms with Crippen LogP contribution in [0, 0.1) is 17.8 Å². The third-order valence-corrected chi connectivity index (χ3v) is 9.07. The molecule has 0 N–H and O–H groups in total. The van der Waals surface area contributed by atoms with Crippen LogP contribution >= 0.6 is 0 Å². The predicted molar refractivity (Wildman–Crippen MR) is 171 cm³/mol. The van der Waals surface area contributed by atoms with E-state index in [9.17, 15) is 0 Å². The number of rotatable bonds is 7. The zero-order valence-corrected chi connectivity index (χ0v) is 26.1. The molecule has 3 unspecified atom stereocenters. The Morgan fingerprint density at radius 3 is 2.08 bits per heavy atom. The van der Waals surface area contributed by atoms with E-state index in [2.05, 4.69) is 103 Å². The summed E-state index contributed by atoms with van der Waals surface area (Å²) in [6.45, 7) is 19.4. The minimum atomic E-state index is 0.257. The molecule has 0 spiro atoms. The molecule has 0 amide bonds. The molecule has 38 heavy (non-hydrogen) atoms. The number of benzene rings is 2. The monoisotopic (exact) mass is 516 g/mol. The lowest BCUT2D eigenvalue weighted by Gasteiger charge is -2.26. The van der Waals surface area contributed by atoms with Crippen LogP contribution < -0.4 is 0 Å². The predicted octanol–water partition coefficient (Wildman–Crippen LogP) is 12.3. The topological polar surface area (TPSA) is 0 Å². The van der Waals surface area contributed by atoms with E-state index in [0.29, 0.717) is 0 Å². The van der Waals surface area contributed by atoms with Gasteiger partial charge in [0.25, 0.3) is 0 Å². The molecule has 2 fully saturated rings. The molecule has 212 valence electrons. The van der Waals surface area contributed by atoms with E-state index in [-0.39, 0.29) is 5.41 Å². The lowest BCUT2D eigenvalue weighted by Crippen LogP contribution is -2.12. The van der Waals surface area contributed by atoms with E-state index < -0.39 is 0 Å². The molecule has 0 heteroatoms. The Morgan fingerprint density at radius 2 is 1.53 bits per heavy atom. The van der Waals surface area contributed by atoms with Crippen molar-refractivity contribution in [2.75, 3.05) is 0 Å². The van der Waals surface area contributed by atoms with Gasteiger partial charge in [0.05, 0.1) is 0 Å². The van der Waals surface area contributed by atoms with Crippen molar-refractivity contribution in [3.8, 4) is 0 Å². The Morgan fingerprint density at radius 1 is 0.868 bits per heavy atom. The fourth-order valence-corrected chi connectivity index (χ4v) is 6.47. The molecule has 0 radical (unpaired) electrons. The standard InChI is InChI=1S/C22H36.C13H18.C3H6/c1-6-9-19(15-14-18-11-7-10-17(18)2)20-12-8-13-21(16-20)22(3,4)5;1-11-7-9-13(10-8-11)12-5-3-2-4-6-12;1-3-2/h8,12-13,16-19H,6-7,9-11,14-15H2,1-5H3;2-6,11,13H,7-10H2,1H3;3H,1H2,2H3. The van der Waals surface area contributed by atoms with Gasteiger partial charge in [-0.05, 0) is 90.7 Å². The molecule has 4 rings (SSSR count). The maximum atomic E-state index is 3.36. The molecule has 2 aliphatic rings. The van der Waals surface area contributed by atoms with E-state index in [0.717, 1.165) is 29.6 Å². The molecule has 2 aliphatic carbocycles. The van der Waals surface area contributed by atoms with Crippen molar-refractivity contribution in [3.63, 3.8) is 0 Å². The SMILES string of the molecule is C=CC.CC1CCC(c2ccccc2)CC1.CCCC(CCC1CCCC1C)c1cccc(C(C)(C)C)c1. The molecule has 3 atom stereocenters. The van der Waals surface area contributed by atoms with E-state index >= 15 is 0 Å². The fraction of sp³-hybridized carbons (Fsp3) is 0.632. The summed E-state index contributed by atoms with van der Waals surface area (Å²) in [5, 5.41) is 0. The minimum Gasteiger partial charge on any atom is -0.103 e. The number of hydrogen-bond donors (Lipinski definition) is 0. The van der Waals surface area contributed by atoms with Crippen molar-refractivity contribution < 1.29 is 0 Å². The van der Waals surface area contributed by atoms with Gasteiger partial charge in [-0.15, -0.1) is 6.58 Å². The van der Waals surface area contributed by atoms with Crippen molar-refractivity contribution in [1.82, 2.24) is 0 Å². The van der Waals surface area contributed by atoms with Crippen LogP contribution in [-0.4, -0.2) is 0 Å². The Hall–Kier alpha value is -1.82. The van der Waals surface area contributed by atoms with Gasteiger partial charge in [0.15, 0.2) is 0 Å². The van der Waals surface area contributed by atoms with Crippen molar-refractivity contribution in [2.45, 2.75) is 136 Å². The first kappa shape index (κ1) is 32.4. The maximum absolute atomic E-state index is 3.36. The molecule has 2 aromatic rings. The first-order valence-electron chi connectivity index (χ1n) is 15.9. The summed E-state index contributed by atoms with van der Waals surface area (Å²) in [7, 11) is 0. The van der Waals surface area contributed by atoms with Gasteiger partial charge in [-0.3, -0.25) is 0 Å². The average molecular weight is 517 g/mol. The number of allylic oxidation sites excluding steroid dienone is 1. The largest absolute Gasteiger partial charge is 0.103 e. The summed E-state index contributed by atoms with van der Waals surface area (Å²) >= 11 is 0. The van der Waals surface area contributed by atoms with E-state index in [1.165, 1.54) is 76.2 Å². The molecule has 2 saturated carbocycles. The second-order valence-electron chi connectivity index (χ2n) is 13.4. The van der Waals surface area contributed by atoms with Gasteiger partial charge in [0, 0.05) is 0 Å². The quantitative estimate of drug-likeness (QED) is 0.321. The van der Waals surface area contributed by atoms with Crippen LogP contribution in [0.3, 0.4) is 0 Å². The maximum Gasteiger partial charge on any atom is -0.0132 e. The van der Waals surface area contributed by atoms with Crippen LogP contribution in [-0.2, 0) is 5.41 Å². The Kier molecular flexibility index (Phi) is 14.5. The third-order valence-electron chi connectivity index (χ3n) is 9.07. The van der Waals surface area contributed by atoms with Gasteiger partial charge in [-0.1, -0.05) is 141 Å². The minimum absolute atomic E-state index is 0.257. The Bertz CT molecular complexity index is 878. The highest BCUT2D eigenvalue weighted by Crippen LogP contribution is 2.38. The fourth-order valence-electron chi connectivity index (χ4n) is 6.47. The molecule has 0 aromatic heterocycles. The molecule has 0 nitrogen and oxygen atoms in total. The van der Waals surface area contributed by atoms with Crippen molar-refractivity contribution in [2.24, 2.45) is 17.8 Å². The van der Waals surface area contributed by atoms with E-state index in [4.69, 9.17) is 0 Å². The first-order valence-corrected chi connectivity index (χ1v) is 15.9. The van der Waals surface area contributed by atoms with Gasteiger partial charge in [-0.25, -0.2) is 0 Å². The van der Waals surface area contributed by atoms with Gasteiger partial charge in [0.1, 0.15) is 0 Å². The smallest absolute Gasteiger partial charge is 0.0132 e. The summed E-state index contributed by atoms with van der Waals surface area (Å²) in [6.07, 6.45) is 17.2. The van der Waals surface area contributed by atoms with Crippen molar-refractivity contribution in [1.29, 1.82) is 0 Å². The molecule has 0 bridgehead atoms. The third kappa shape index (κ3) is 11.1. The lowest BCUT2D eigenvalue weighted by molar-refractivity contribution is 0.348. The van der Waals surface area contributed by atoms with Crippen LogP contribution in [0.1, 0.15) is 148 Å². The van der Waals surface area contributed by atoms with Crippen LogP contribution in [0.4, 0.5) is 0 Å². The summed E-state index contributed by atoms with van der Waals surface area (Å²) in [6, 6.07) is 20.4. The summed E-state index contributed by atoms with van der Waals surface area (Å²) in [4.78, 5) is 0. The highest BCUT2D eigenvalue weighted by molar-refractivity contribution is 5.30. The zero-order chi connectivity index (χ0) is 28.0. The summed E-state index contributed by atoms with van der Waals surface area (Å²) < 4.78 is 0. The van der Waals surface area contributed by atoms with Gasteiger partial charge in [0.2, 0.25) is 0 Å². The summed E-state index contributed by atoms with van der Waals surface area (Å²) in [5.41, 5.74) is 4.88. The van der Waals surface area contributed by atoms with Crippen LogP contribution in [0.5, 0.6) is 0 Å². The lowest BCUT2D eigenvalue weighted by atomic mass is 9.79. The normalized spacial score (nSPS) is 23.9. The molecule has 0 aliphatic heterocycles. The molecular formula is C38H60. The second-order valence-corrected chi connectivity index (χ2v) is 13.4. The van der Waals surface area contributed by atoms with Gasteiger partial charge >= 0.3 is 0 Å². The second kappa shape index (κ2) is 17.0. The Balaban J connectivity index is 0.000000267. The first-order chi connectivity index (χ1) is 18.2. The van der Waals surface area contributed by atoms with Crippen LogP contribution in [0.25, 0.3) is 0 Å². The molecule has 0 heterocycles. The average Bonchev–Trinajstić information content (AvgIpc) is 3.32. The molecule has 0 saturated heterocycles. The highest BCUT2D eigenvalue weighted by atomic mass is 14.3. The van der Waals surface area contributed by atoms with Gasteiger partial charge in [-0.2, -0.15) is 0 Å². The van der Waals surface area contributed by atoms with Crippen LogP contribution in [0.2, 0.25) is 0 Å². The van der Waals surface area contributed by atoms with E-state index in [1.807, 2.05) is 6.92 Å². The molecule has 2 aromatic carbocycles.